The van der Waals surface area contributed by atoms with Gasteiger partial charge in [-0.1, -0.05) is 6.92 Å². The van der Waals surface area contributed by atoms with Crippen molar-refractivity contribution in [3.63, 3.8) is 0 Å². The van der Waals surface area contributed by atoms with Gasteiger partial charge < -0.3 is 10.4 Å². The molecule has 9 heteroatoms. The van der Waals surface area contributed by atoms with Crippen molar-refractivity contribution in [2.45, 2.75) is 19.4 Å². The van der Waals surface area contributed by atoms with E-state index in [9.17, 15) is 19.7 Å². The van der Waals surface area contributed by atoms with Crippen LogP contribution in [0.2, 0.25) is 0 Å². The highest BCUT2D eigenvalue weighted by Gasteiger charge is 2.23. The first-order valence-corrected chi connectivity index (χ1v) is 7.15. The number of hydrogen-bond acceptors (Lipinski definition) is 5. The van der Waals surface area contributed by atoms with Gasteiger partial charge in [-0.25, -0.2) is 4.79 Å². The van der Waals surface area contributed by atoms with E-state index in [2.05, 4.69) is 10.4 Å². The predicted octanol–water partition coefficient (Wildman–Crippen LogP) is 1.59. The largest absolute Gasteiger partial charge is 0.480 e. The Morgan fingerprint density at radius 2 is 2.00 bits per heavy atom. The van der Waals surface area contributed by atoms with Crippen molar-refractivity contribution in [1.82, 2.24) is 15.1 Å². The molecule has 1 atom stereocenters. The molecular formula is C15H16N4O5. The number of aliphatic carboxylic acids is 1. The van der Waals surface area contributed by atoms with E-state index in [1.165, 1.54) is 35.1 Å². The van der Waals surface area contributed by atoms with E-state index in [1.807, 2.05) is 0 Å². The molecule has 1 aromatic carbocycles. The van der Waals surface area contributed by atoms with Gasteiger partial charge in [-0.05, 0) is 18.6 Å². The SMILES string of the molecule is CCC(NC(=O)c1cn(C)nc1-c1ccc([N+](=O)[O-])cc1)C(=O)O. The van der Waals surface area contributed by atoms with Crippen LogP contribution in [0.1, 0.15) is 23.7 Å². The Balaban J connectivity index is 2.34. The van der Waals surface area contributed by atoms with E-state index in [1.54, 1.807) is 14.0 Å². The van der Waals surface area contributed by atoms with Crippen LogP contribution < -0.4 is 5.32 Å². The Labute approximate surface area is 137 Å². The molecule has 1 aromatic heterocycles. The molecule has 2 aromatic rings. The highest BCUT2D eigenvalue weighted by atomic mass is 16.6. The summed E-state index contributed by atoms with van der Waals surface area (Å²) in [6.07, 6.45) is 1.72. The number of nitro groups is 1. The Morgan fingerprint density at radius 3 is 2.50 bits per heavy atom. The number of nitrogens with zero attached hydrogens (tertiary/aromatic N) is 3. The number of non-ortho nitro benzene ring substituents is 1. The maximum absolute atomic E-state index is 12.4. The summed E-state index contributed by atoms with van der Waals surface area (Å²) in [6, 6.07) is 4.62. The number of carbonyl (C=O) groups is 2. The summed E-state index contributed by atoms with van der Waals surface area (Å²) in [5.41, 5.74) is 0.975. The van der Waals surface area contributed by atoms with E-state index in [4.69, 9.17) is 5.11 Å². The van der Waals surface area contributed by atoms with Gasteiger partial charge in [0.15, 0.2) is 0 Å². The van der Waals surface area contributed by atoms with Crippen LogP contribution in [0.15, 0.2) is 30.5 Å². The van der Waals surface area contributed by atoms with E-state index >= 15 is 0 Å². The van der Waals surface area contributed by atoms with Crippen LogP contribution in [0.4, 0.5) is 5.69 Å². The third-order valence-electron chi connectivity index (χ3n) is 3.44. The fraction of sp³-hybridized carbons (Fsp3) is 0.267. The van der Waals surface area contributed by atoms with Crippen LogP contribution in [0.3, 0.4) is 0 Å². The average Bonchev–Trinajstić information content (AvgIpc) is 2.94. The Hall–Kier alpha value is -3.23. The molecule has 0 bridgehead atoms. The normalized spacial score (nSPS) is 11.8. The van der Waals surface area contributed by atoms with Crippen molar-refractivity contribution in [2.75, 3.05) is 0 Å². The fourth-order valence-electron chi connectivity index (χ4n) is 2.18. The smallest absolute Gasteiger partial charge is 0.326 e. The van der Waals surface area contributed by atoms with Crippen molar-refractivity contribution in [1.29, 1.82) is 0 Å². The van der Waals surface area contributed by atoms with E-state index in [0.717, 1.165) is 0 Å². The van der Waals surface area contributed by atoms with Gasteiger partial charge >= 0.3 is 5.97 Å². The molecule has 0 saturated carbocycles. The molecule has 2 N–H and O–H groups in total. The first-order chi connectivity index (χ1) is 11.3. The molecule has 2 rings (SSSR count). The van der Waals surface area contributed by atoms with Gasteiger partial charge in [0.2, 0.25) is 0 Å². The van der Waals surface area contributed by atoms with Gasteiger partial charge in [-0.2, -0.15) is 5.10 Å². The first-order valence-electron chi connectivity index (χ1n) is 7.15. The van der Waals surface area contributed by atoms with Gasteiger partial charge in [0.1, 0.15) is 11.7 Å². The molecule has 126 valence electrons. The second-order valence-corrected chi connectivity index (χ2v) is 5.14. The van der Waals surface area contributed by atoms with Crippen LogP contribution in [-0.4, -0.2) is 37.7 Å². The number of amides is 1. The molecule has 24 heavy (non-hydrogen) atoms. The summed E-state index contributed by atoms with van der Waals surface area (Å²) < 4.78 is 1.42. The van der Waals surface area contributed by atoms with Gasteiger partial charge in [-0.3, -0.25) is 19.6 Å². The second-order valence-electron chi connectivity index (χ2n) is 5.14. The molecule has 0 radical (unpaired) electrons. The average molecular weight is 332 g/mol. The lowest BCUT2D eigenvalue weighted by atomic mass is 10.1. The lowest BCUT2D eigenvalue weighted by Gasteiger charge is -2.12. The summed E-state index contributed by atoms with van der Waals surface area (Å²) in [7, 11) is 1.63. The summed E-state index contributed by atoms with van der Waals surface area (Å²) in [6.45, 7) is 1.65. The molecule has 1 heterocycles. The fourth-order valence-corrected chi connectivity index (χ4v) is 2.18. The minimum absolute atomic E-state index is 0.0717. The highest BCUT2D eigenvalue weighted by molar-refractivity contribution is 6.01. The third kappa shape index (κ3) is 3.57. The van der Waals surface area contributed by atoms with E-state index in [0.29, 0.717) is 11.3 Å². The Morgan fingerprint density at radius 1 is 1.38 bits per heavy atom. The Kier molecular flexibility index (Phi) is 4.93. The predicted molar refractivity (Wildman–Crippen MR) is 84.5 cm³/mol. The summed E-state index contributed by atoms with van der Waals surface area (Å²) in [5.74, 6) is -1.68. The third-order valence-corrected chi connectivity index (χ3v) is 3.44. The quantitative estimate of drug-likeness (QED) is 0.611. The number of benzene rings is 1. The number of carboxylic acid groups (broad SMARTS) is 1. The number of aromatic nitrogens is 2. The van der Waals surface area contributed by atoms with Crippen LogP contribution in [-0.2, 0) is 11.8 Å². The summed E-state index contributed by atoms with van der Waals surface area (Å²) >= 11 is 0. The molecule has 0 fully saturated rings. The van der Waals surface area contributed by atoms with Gasteiger partial charge in [-0.15, -0.1) is 0 Å². The molecule has 0 saturated heterocycles. The lowest BCUT2D eigenvalue weighted by molar-refractivity contribution is -0.384. The van der Waals surface area contributed by atoms with Crippen molar-refractivity contribution in [2.24, 2.45) is 7.05 Å². The summed E-state index contributed by atoms with van der Waals surface area (Å²) in [4.78, 5) is 33.6. The zero-order chi connectivity index (χ0) is 17.9. The summed E-state index contributed by atoms with van der Waals surface area (Å²) in [5, 5.41) is 26.4. The molecule has 0 aliphatic rings. The van der Waals surface area contributed by atoms with Gasteiger partial charge in [0.25, 0.3) is 11.6 Å². The van der Waals surface area contributed by atoms with Gasteiger partial charge in [0.05, 0.1) is 10.5 Å². The van der Waals surface area contributed by atoms with Crippen LogP contribution >= 0.6 is 0 Å². The first kappa shape index (κ1) is 17.1. The molecule has 0 spiro atoms. The molecule has 0 aliphatic carbocycles. The second kappa shape index (κ2) is 6.90. The maximum Gasteiger partial charge on any atom is 0.326 e. The standard InChI is InChI=1S/C15H16N4O5/c1-3-12(15(21)22)16-14(20)11-8-18(2)17-13(11)9-4-6-10(7-5-9)19(23)24/h4-8,12H,3H2,1-2H3,(H,16,20)(H,21,22). The minimum Gasteiger partial charge on any atom is -0.480 e. The number of nitro benzene ring substituents is 1. The molecular weight excluding hydrogens is 316 g/mol. The number of carboxylic acids is 1. The molecule has 1 unspecified atom stereocenters. The van der Waals surface area contributed by atoms with Crippen LogP contribution in [0, 0.1) is 10.1 Å². The lowest BCUT2D eigenvalue weighted by Crippen LogP contribution is -2.40. The topological polar surface area (TPSA) is 127 Å². The number of aryl methyl sites for hydroxylation is 1. The minimum atomic E-state index is -1.12. The number of carbonyl (C=O) groups excluding carboxylic acids is 1. The van der Waals surface area contributed by atoms with E-state index in [-0.39, 0.29) is 17.7 Å². The van der Waals surface area contributed by atoms with Crippen molar-refractivity contribution in [3.8, 4) is 11.3 Å². The van der Waals surface area contributed by atoms with Crippen LogP contribution in [0.25, 0.3) is 11.3 Å². The Bertz CT molecular complexity index is 782. The maximum atomic E-state index is 12.4. The van der Waals surface area contributed by atoms with Crippen molar-refractivity contribution < 1.29 is 19.6 Å². The zero-order valence-electron chi connectivity index (χ0n) is 13.1. The monoisotopic (exact) mass is 332 g/mol. The van der Waals surface area contributed by atoms with Gasteiger partial charge in [0, 0.05) is 30.9 Å². The number of hydrogen-bond donors (Lipinski definition) is 2. The van der Waals surface area contributed by atoms with Crippen LogP contribution in [0.5, 0.6) is 0 Å². The van der Waals surface area contributed by atoms with Crippen molar-refractivity contribution >= 4 is 17.6 Å². The number of rotatable bonds is 6. The molecule has 0 aliphatic heterocycles. The highest BCUT2D eigenvalue weighted by Crippen LogP contribution is 2.24. The molecule has 1 amide bonds. The van der Waals surface area contributed by atoms with Crippen molar-refractivity contribution in [3.05, 3.63) is 46.1 Å². The zero-order valence-corrected chi connectivity index (χ0v) is 13.1. The number of nitrogens with one attached hydrogen (secondary N) is 1. The van der Waals surface area contributed by atoms with E-state index < -0.39 is 22.8 Å². The molecule has 9 nitrogen and oxygen atoms in total.